The van der Waals surface area contributed by atoms with Crippen LogP contribution in [-0.4, -0.2) is 82.5 Å². The number of unbranched alkanes of at least 4 members (excludes halogenated alkanes) is 1. The number of pyridine rings is 1. The van der Waals surface area contributed by atoms with Crippen LogP contribution in [0.4, 0.5) is 24.8 Å². The molecule has 2 aromatic heterocycles. The number of aryl methyl sites for hydroxylation is 2. The molecule has 1 aliphatic heterocycles. The highest BCUT2D eigenvalue weighted by atomic mass is 19.4. The number of nitrogens with one attached hydrogen (secondary N) is 2. The Kier molecular flexibility index (Phi) is 11.5. The van der Waals surface area contributed by atoms with Crippen molar-refractivity contribution in [2.75, 3.05) is 50.0 Å². The van der Waals surface area contributed by atoms with Crippen LogP contribution >= 0.6 is 0 Å². The van der Waals surface area contributed by atoms with E-state index in [1.54, 1.807) is 6.07 Å². The zero-order chi connectivity index (χ0) is 29.8. The summed E-state index contributed by atoms with van der Waals surface area (Å²) < 4.78 is 42.5. The highest BCUT2D eigenvalue weighted by Crippen LogP contribution is 2.21. The third-order valence-corrected chi connectivity index (χ3v) is 7.02. The lowest BCUT2D eigenvalue weighted by Crippen LogP contribution is -2.37. The van der Waals surface area contributed by atoms with Crippen LogP contribution in [0.15, 0.2) is 54.9 Å². The average molecular weight is 587 g/mol. The van der Waals surface area contributed by atoms with Crippen molar-refractivity contribution in [3.05, 3.63) is 66.1 Å². The van der Waals surface area contributed by atoms with Gasteiger partial charge in [0.05, 0.1) is 12.3 Å². The number of rotatable bonds is 16. The van der Waals surface area contributed by atoms with E-state index in [9.17, 15) is 23.1 Å². The number of hydrogen-bond donors (Lipinski definition) is 3. The summed E-state index contributed by atoms with van der Waals surface area (Å²) in [5.41, 5.74) is 3.76. The number of benzene rings is 1. The number of aliphatic carboxylic acids is 1. The molecule has 0 aliphatic carbocycles. The Bertz CT molecular complexity index is 1280. The molecule has 9 nitrogen and oxygen atoms in total. The number of fused-ring (bicyclic) bond motifs is 1. The van der Waals surface area contributed by atoms with E-state index in [1.807, 2.05) is 41.3 Å². The van der Waals surface area contributed by atoms with Gasteiger partial charge in [-0.1, -0.05) is 36.4 Å². The second kappa shape index (κ2) is 15.5. The van der Waals surface area contributed by atoms with Gasteiger partial charge in [-0.15, -0.1) is 0 Å². The first kappa shape index (κ1) is 31.2. The van der Waals surface area contributed by atoms with Crippen molar-refractivity contribution in [1.29, 1.82) is 0 Å². The molecule has 0 fully saturated rings. The van der Waals surface area contributed by atoms with Crippen molar-refractivity contribution in [1.82, 2.24) is 19.9 Å². The Labute approximate surface area is 243 Å². The number of carbonyl (C=O) groups is 1. The highest BCUT2D eigenvalue weighted by molar-refractivity contribution is 5.77. The minimum absolute atomic E-state index is 0.102. The summed E-state index contributed by atoms with van der Waals surface area (Å²) in [5.74, 6) is 0.285. The molecule has 4 rings (SSSR count). The standard InChI is InChI=1S/C30H37F3N6O3/c31-30(32,33)20-42-18-17-39(15-5-4-10-24-12-11-23-9-6-14-34-28(23)37-24)16-13-25(29(40)41)38-27-19-26(35-21-36-27)22-7-2-1-3-8-22/h1-3,7-8,11-12,19,21,25H,4-6,9-10,13-18,20H2,(H,34,37)(H,40,41)(H,35,36,38)/t25-/m0/s1. The largest absolute Gasteiger partial charge is 0.480 e. The van der Waals surface area contributed by atoms with Gasteiger partial charge in [0.15, 0.2) is 0 Å². The Morgan fingerprint density at radius 2 is 1.93 bits per heavy atom. The summed E-state index contributed by atoms with van der Waals surface area (Å²) in [7, 11) is 0. The van der Waals surface area contributed by atoms with E-state index in [2.05, 4.69) is 26.7 Å². The summed E-state index contributed by atoms with van der Waals surface area (Å²) in [6.45, 7) is 0.722. The number of anilines is 2. The van der Waals surface area contributed by atoms with Gasteiger partial charge in [-0.2, -0.15) is 13.2 Å². The van der Waals surface area contributed by atoms with Gasteiger partial charge in [0.25, 0.3) is 0 Å². The molecule has 3 aromatic rings. The van der Waals surface area contributed by atoms with Gasteiger partial charge >= 0.3 is 12.1 Å². The van der Waals surface area contributed by atoms with E-state index in [-0.39, 0.29) is 19.6 Å². The Balaban J connectivity index is 1.31. The molecule has 0 unspecified atom stereocenters. The summed E-state index contributed by atoms with van der Waals surface area (Å²) >= 11 is 0. The van der Waals surface area contributed by atoms with Crippen molar-refractivity contribution >= 4 is 17.6 Å². The maximum Gasteiger partial charge on any atom is 0.411 e. The molecule has 42 heavy (non-hydrogen) atoms. The Hall–Kier alpha value is -3.77. The van der Waals surface area contributed by atoms with Gasteiger partial charge in [-0.05, 0) is 56.7 Å². The van der Waals surface area contributed by atoms with Crippen molar-refractivity contribution in [2.45, 2.75) is 50.7 Å². The first-order valence-electron chi connectivity index (χ1n) is 14.2. The van der Waals surface area contributed by atoms with Gasteiger partial charge < -0.3 is 25.4 Å². The van der Waals surface area contributed by atoms with E-state index >= 15 is 0 Å². The molecule has 0 amide bonds. The third-order valence-electron chi connectivity index (χ3n) is 7.02. The van der Waals surface area contributed by atoms with Crippen LogP contribution in [0.2, 0.25) is 0 Å². The van der Waals surface area contributed by atoms with Crippen LogP contribution in [0.1, 0.15) is 36.9 Å². The number of carboxylic acids is 1. The first-order valence-corrected chi connectivity index (χ1v) is 14.2. The van der Waals surface area contributed by atoms with Gasteiger partial charge in [0.1, 0.15) is 30.6 Å². The lowest BCUT2D eigenvalue weighted by atomic mass is 10.1. The zero-order valence-electron chi connectivity index (χ0n) is 23.4. The number of halogens is 3. The summed E-state index contributed by atoms with van der Waals surface area (Å²) in [4.78, 5) is 27.2. The second-order valence-electron chi connectivity index (χ2n) is 10.3. The van der Waals surface area contributed by atoms with Gasteiger partial charge in [0, 0.05) is 37.0 Å². The maximum atomic E-state index is 12.5. The van der Waals surface area contributed by atoms with Gasteiger partial charge in [0.2, 0.25) is 0 Å². The molecule has 12 heteroatoms. The molecule has 0 radical (unpaired) electrons. The molecule has 226 valence electrons. The lowest BCUT2D eigenvalue weighted by Gasteiger charge is -2.25. The number of hydrogen-bond acceptors (Lipinski definition) is 8. The summed E-state index contributed by atoms with van der Waals surface area (Å²) in [6, 6.07) is 14.4. The van der Waals surface area contributed by atoms with Crippen molar-refractivity contribution < 1.29 is 27.8 Å². The van der Waals surface area contributed by atoms with Gasteiger partial charge in [-0.25, -0.2) is 19.7 Å². The topological polar surface area (TPSA) is 112 Å². The zero-order valence-corrected chi connectivity index (χ0v) is 23.4. The molecular formula is C30H37F3N6O3. The van der Waals surface area contributed by atoms with E-state index in [4.69, 9.17) is 9.72 Å². The van der Waals surface area contributed by atoms with E-state index < -0.39 is 24.8 Å². The Morgan fingerprint density at radius 1 is 1.10 bits per heavy atom. The fraction of sp³-hybridized carbons (Fsp3) is 0.467. The molecule has 1 atom stereocenters. The molecule has 1 aliphatic rings. The minimum atomic E-state index is -4.39. The quantitative estimate of drug-likeness (QED) is 0.198. The lowest BCUT2D eigenvalue weighted by molar-refractivity contribution is -0.174. The molecule has 0 bridgehead atoms. The number of carboxylic acid groups (broad SMARTS) is 1. The van der Waals surface area contributed by atoms with Crippen LogP contribution in [0.5, 0.6) is 0 Å². The fourth-order valence-electron chi connectivity index (χ4n) is 4.82. The normalized spacial score (nSPS) is 13.8. The summed E-state index contributed by atoms with van der Waals surface area (Å²) in [5, 5.41) is 16.2. The van der Waals surface area contributed by atoms with Crippen molar-refractivity contribution in [3.8, 4) is 11.3 Å². The molecule has 3 N–H and O–H groups in total. The highest BCUT2D eigenvalue weighted by Gasteiger charge is 2.27. The smallest absolute Gasteiger partial charge is 0.411 e. The maximum absolute atomic E-state index is 12.5. The van der Waals surface area contributed by atoms with Crippen LogP contribution in [0, 0.1) is 0 Å². The fourth-order valence-corrected chi connectivity index (χ4v) is 4.82. The SMILES string of the molecule is O=C(O)[C@H](CCN(CCCCc1ccc2c(n1)NCCC2)CCOCC(F)(F)F)Nc1cc(-c2ccccc2)ncn1. The molecule has 0 saturated heterocycles. The minimum Gasteiger partial charge on any atom is -0.480 e. The van der Waals surface area contributed by atoms with Crippen molar-refractivity contribution in [3.63, 3.8) is 0 Å². The molecule has 0 spiro atoms. The van der Waals surface area contributed by atoms with E-state index in [1.165, 1.54) is 11.9 Å². The number of aromatic nitrogens is 3. The molecular weight excluding hydrogens is 549 g/mol. The summed E-state index contributed by atoms with van der Waals surface area (Å²) in [6.07, 6.45) is 1.73. The van der Waals surface area contributed by atoms with Crippen LogP contribution in [0.3, 0.4) is 0 Å². The van der Waals surface area contributed by atoms with Crippen LogP contribution < -0.4 is 10.6 Å². The predicted octanol–water partition coefficient (Wildman–Crippen LogP) is 5.06. The predicted molar refractivity (Wildman–Crippen MR) is 154 cm³/mol. The molecule has 1 aromatic carbocycles. The van der Waals surface area contributed by atoms with Crippen LogP contribution in [0.25, 0.3) is 11.3 Å². The second-order valence-corrected chi connectivity index (χ2v) is 10.3. The third kappa shape index (κ3) is 10.3. The molecule has 0 saturated carbocycles. The average Bonchev–Trinajstić information content (AvgIpc) is 2.99. The van der Waals surface area contributed by atoms with Crippen molar-refractivity contribution in [2.24, 2.45) is 0 Å². The molecule has 3 heterocycles. The number of alkyl halides is 3. The van der Waals surface area contributed by atoms with Crippen LogP contribution in [-0.2, 0) is 22.4 Å². The van der Waals surface area contributed by atoms with E-state index in [0.29, 0.717) is 24.6 Å². The monoisotopic (exact) mass is 586 g/mol. The Morgan fingerprint density at radius 3 is 2.71 bits per heavy atom. The van der Waals surface area contributed by atoms with E-state index in [0.717, 1.165) is 55.7 Å². The number of ether oxygens (including phenoxy) is 1. The number of nitrogens with zero attached hydrogens (tertiary/aromatic N) is 4. The van der Waals surface area contributed by atoms with Gasteiger partial charge in [-0.3, -0.25) is 0 Å². The first-order chi connectivity index (χ1) is 20.3.